The maximum atomic E-state index is 2.47. The molecule has 0 aliphatic heterocycles. The summed E-state index contributed by atoms with van der Waals surface area (Å²) in [5.74, 6) is 0. The van der Waals surface area contributed by atoms with Crippen LogP contribution < -0.4 is 0 Å². The molecule has 0 heteroatoms. The van der Waals surface area contributed by atoms with Crippen LogP contribution in [-0.2, 0) is 5.41 Å². The lowest BCUT2D eigenvalue weighted by Gasteiger charge is -2.33. The topological polar surface area (TPSA) is 0 Å². The van der Waals surface area contributed by atoms with Crippen molar-refractivity contribution in [3.8, 4) is 11.1 Å². The summed E-state index contributed by atoms with van der Waals surface area (Å²) < 4.78 is 0. The molecule has 2 aromatic rings. The molecule has 0 N–H and O–H groups in total. The van der Waals surface area contributed by atoms with Gasteiger partial charge >= 0.3 is 0 Å². The van der Waals surface area contributed by atoms with E-state index in [9.17, 15) is 0 Å². The van der Waals surface area contributed by atoms with Crippen molar-refractivity contribution in [3.63, 3.8) is 0 Å². The van der Waals surface area contributed by atoms with Crippen molar-refractivity contribution < 1.29 is 0 Å². The first-order chi connectivity index (χ1) is 16.7. The van der Waals surface area contributed by atoms with Crippen molar-refractivity contribution in [2.24, 2.45) is 0 Å². The van der Waals surface area contributed by atoms with Crippen molar-refractivity contribution in [1.29, 1.82) is 0 Å². The van der Waals surface area contributed by atoms with Crippen molar-refractivity contribution in [2.45, 2.75) is 144 Å². The van der Waals surface area contributed by atoms with E-state index in [-0.39, 0.29) is 5.41 Å². The normalized spacial score (nSPS) is 12.7. The predicted molar refractivity (Wildman–Crippen MR) is 156 cm³/mol. The van der Waals surface area contributed by atoms with Crippen LogP contribution in [0.2, 0.25) is 0 Å². The number of fused-ring (bicyclic) bond motifs is 3. The van der Waals surface area contributed by atoms with E-state index in [4.69, 9.17) is 0 Å². The van der Waals surface area contributed by atoms with E-state index in [1.54, 1.807) is 11.1 Å². The Morgan fingerprint density at radius 1 is 0.529 bits per heavy atom. The monoisotopic (exact) mass is 464 g/mol. The second-order valence-corrected chi connectivity index (χ2v) is 9.71. The fourth-order valence-corrected chi connectivity index (χ4v) is 5.66. The van der Waals surface area contributed by atoms with Crippen molar-refractivity contribution >= 4 is 0 Å². The highest BCUT2D eigenvalue weighted by molar-refractivity contribution is 5.81. The van der Waals surface area contributed by atoms with Gasteiger partial charge in [-0.25, -0.2) is 0 Å². The lowest BCUT2D eigenvalue weighted by molar-refractivity contribution is 0.398. The number of rotatable bonds is 14. The van der Waals surface area contributed by atoms with Gasteiger partial charge in [-0.2, -0.15) is 0 Å². The van der Waals surface area contributed by atoms with Crippen LogP contribution in [0.15, 0.2) is 42.5 Å². The minimum Gasteiger partial charge on any atom is -0.0683 e. The molecule has 0 spiro atoms. The quantitative estimate of drug-likeness (QED) is 0.244. The lowest BCUT2D eigenvalue weighted by atomic mass is 9.70. The van der Waals surface area contributed by atoms with Crippen molar-refractivity contribution in [3.05, 3.63) is 59.2 Å². The van der Waals surface area contributed by atoms with Crippen LogP contribution in [0.25, 0.3) is 11.1 Å². The van der Waals surface area contributed by atoms with Gasteiger partial charge in [-0.1, -0.05) is 167 Å². The van der Waals surface area contributed by atoms with Crippen LogP contribution in [0.4, 0.5) is 0 Å². The fraction of sp³-hybridized carbons (Fsp3) is 0.647. The second-order valence-electron chi connectivity index (χ2n) is 9.71. The Kier molecular flexibility index (Phi) is 16.0. The van der Waals surface area contributed by atoms with E-state index in [0.717, 1.165) is 0 Å². The van der Waals surface area contributed by atoms with Gasteiger partial charge < -0.3 is 0 Å². The van der Waals surface area contributed by atoms with Crippen LogP contribution in [0.5, 0.6) is 0 Å². The first kappa shape index (κ1) is 30.5. The standard InChI is InChI=1S/C30H44.2C2H6/c1-4-6-8-10-12-16-22-30(23-17-13-11-9-7-5-2)28-19-15-14-18-26(28)27-24-25(3)20-21-29(27)30;2*1-2/h14-15,18-21,24H,4-13,16-17,22-23H2,1-3H3;2*1-2H3. The van der Waals surface area contributed by atoms with Crippen LogP contribution >= 0.6 is 0 Å². The summed E-state index contributed by atoms with van der Waals surface area (Å²) in [5, 5.41) is 0. The third kappa shape index (κ3) is 8.28. The Bertz CT molecular complexity index is 753. The third-order valence-corrected chi connectivity index (χ3v) is 7.34. The zero-order chi connectivity index (χ0) is 25.2. The zero-order valence-corrected chi connectivity index (χ0v) is 23.9. The summed E-state index contributed by atoms with van der Waals surface area (Å²) in [7, 11) is 0. The number of aryl methyl sites for hydroxylation is 1. The Balaban J connectivity index is 0.00000137. The molecule has 192 valence electrons. The average molecular weight is 465 g/mol. The van der Waals surface area contributed by atoms with E-state index in [1.807, 2.05) is 27.7 Å². The molecular formula is C34H56. The van der Waals surface area contributed by atoms with Gasteiger partial charge in [0.15, 0.2) is 0 Å². The summed E-state index contributed by atoms with van der Waals surface area (Å²) in [4.78, 5) is 0. The van der Waals surface area contributed by atoms with Crippen LogP contribution in [-0.4, -0.2) is 0 Å². The zero-order valence-electron chi connectivity index (χ0n) is 23.9. The summed E-state index contributed by atoms with van der Waals surface area (Å²) in [5.41, 5.74) is 7.90. The van der Waals surface area contributed by atoms with Gasteiger partial charge in [-0.15, -0.1) is 0 Å². The second kappa shape index (κ2) is 17.8. The van der Waals surface area contributed by atoms with E-state index in [0.29, 0.717) is 0 Å². The van der Waals surface area contributed by atoms with Crippen LogP contribution in [0.1, 0.15) is 148 Å². The Hall–Kier alpha value is -1.56. The summed E-state index contributed by atoms with van der Waals surface area (Å²) in [6, 6.07) is 16.6. The Labute approximate surface area is 214 Å². The Morgan fingerprint density at radius 3 is 1.56 bits per heavy atom. The predicted octanol–water partition coefficient (Wildman–Crippen LogP) is 11.8. The molecule has 0 unspecified atom stereocenters. The number of benzene rings is 2. The summed E-state index contributed by atoms with van der Waals surface area (Å²) >= 11 is 0. The third-order valence-electron chi connectivity index (χ3n) is 7.34. The van der Waals surface area contributed by atoms with Gasteiger partial charge in [0.1, 0.15) is 0 Å². The maximum absolute atomic E-state index is 2.47. The minimum absolute atomic E-state index is 0.245. The molecule has 0 nitrogen and oxygen atoms in total. The molecule has 1 aliphatic rings. The van der Waals surface area contributed by atoms with Crippen molar-refractivity contribution in [1.82, 2.24) is 0 Å². The molecule has 0 heterocycles. The van der Waals surface area contributed by atoms with E-state index < -0.39 is 0 Å². The van der Waals surface area contributed by atoms with Gasteiger partial charge in [-0.3, -0.25) is 0 Å². The molecule has 0 amide bonds. The molecule has 0 saturated carbocycles. The smallest absolute Gasteiger partial charge is 0.0215 e. The average Bonchev–Trinajstić information content (AvgIpc) is 3.15. The van der Waals surface area contributed by atoms with Gasteiger partial charge in [0.05, 0.1) is 0 Å². The highest BCUT2D eigenvalue weighted by Gasteiger charge is 2.41. The summed E-state index contributed by atoms with van der Waals surface area (Å²) in [6.07, 6.45) is 19.2. The molecule has 34 heavy (non-hydrogen) atoms. The fourth-order valence-electron chi connectivity index (χ4n) is 5.66. The molecule has 0 fully saturated rings. The SMILES string of the molecule is CC.CC.CCCCCCCCC1(CCCCCCCC)c2ccccc2-c2cc(C)ccc21. The molecule has 1 aliphatic carbocycles. The highest BCUT2D eigenvalue weighted by Crippen LogP contribution is 2.54. The van der Waals surface area contributed by atoms with Gasteiger partial charge in [0.2, 0.25) is 0 Å². The lowest BCUT2D eigenvalue weighted by Crippen LogP contribution is -2.25. The number of hydrogen-bond donors (Lipinski definition) is 0. The van der Waals surface area contributed by atoms with Crippen LogP contribution in [0, 0.1) is 6.92 Å². The van der Waals surface area contributed by atoms with E-state index in [2.05, 4.69) is 63.2 Å². The molecule has 0 radical (unpaired) electrons. The van der Waals surface area contributed by atoms with Gasteiger partial charge in [0, 0.05) is 5.41 Å². The largest absolute Gasteiger partial charge is 0.0683 e. The van der Waals surface area contributed by atoms with Gasteiger partial charge in [0.25, 0.3) is 0 Å². The summed E-state index contributed by atoms with van der Waals surface area (Å²) in [6.45, 7) is 14.9. The molecule has 0 bridgehead atoms. The minimum atomic E-state index is 0.245. The molecule has 2 aromatic carbocycles. The highest BCUT2D eigenvalue weighted by atomic mass is 14.4. The maximum Gasteiger partial charge on any atom is 0.0215 e. The molecule has 0 saturated heterocycles. The molecule has 0 aromatic heterocycles. The number of hydrogen-bond acceptors (Lipinski definition) is 0. The first-order valence-corrected chi connectivity index (χ1v) is 14.9. The van der Waals surface area contributed by atoms with Crippen LogP contribution in [0.3, 0.4) is 0 Å². The first-order valence-electron chi connectivity index (χ1n) is 14.9. The Morgan fingerprint density at radius 2 is 1.00 bits per heavy atom. The molecule has 0 atom stereocenters. The van der Waals surface area contributed by atoms with E-state index >= 15 is 0 Å². The molecule has 3 rings (SSSR count). The number of unbranched alkanes of at least 4 members (excludes halogenated alkanes) is 10. The van der Waals surface area contributed by atoms with Gasteiger partial charge in [-0.05, 0) is 42.0 Å². The van der Waals surface area contributed by atoms with Crippen molar-refractivity contribution in [2.75, 3.05) is 0 Å². The van der Waals surface area contributed by atoms with E-state index in [1.165, 1.54) is 107 Å². The molecular weight excluding hydrogens is 408 g/mol.